The summed E-state index contributed by atoms with van der Waals surface area (Å²) >= 11 is 0. The third kappa shape index (κ3) is 1.68. The Bertz CT molecular complexity index is 713. The summed E-state index contributed by atoms with van der Waals surface area (Å²) in [7, 11) is 0. The number of hydrogen-bond donors (Lipinski definition) is 0. The maximum Gasteiger partial charge on any atom is 0.178 e. The standard InChI is InChI=1S/C14H11N3O/c1-10(18)13-7-6-12(9-15-13)17-14-5-3-2-4-11(14)8-16-17/h2-9H,1H3. The molecular formula is C14H11N3O. The first-order valence-electron chi connectivity index (χ1n) is 5.66. The lowest BCUT2D eigenvalue weighted by Crippen LogP contribution is -2.00. The highest BCUT2D eigenvalue weighted by Crippen LogP contribution is 2.17. The molecule has 0 unspecified atom stereocenters. The largest absolute Gasteiger partial charge is 0.293 e. The van der Waals surface area contributed by atoms with Gasteiger partial charge >= 0.3 is 0 Å². The SMILES string of the molecule is CC(=O)c1ccc(-n2ncc3ccccc32)cn1. The zero-order chi connectivity index (χ0) is 12.5. The molecule has 0 radical (unpaired) electrons. The van der Waals surface area contributed by atoms with Gasteiger partial charge in [-0.2, -0.15) is 5.10 Å². The number of nitrogens with zero attached hydrogens (tertiary/aromatic N) is 3. The minimum absolute atomic E-state index is 0.0353. The van der Waals surface area contributed by atoms with Crippen LogP contribution in [0.15, 0.2) is 48.8 Å². The van der Waals surface area contributed by atoms with Gasteiger partial charge in [0.05, 0.1) is 23.6 Å². The van der Waals surface area contributed by atoms with Crippen molar-refractivity contribution in [2.24, 2.45) is 0 Å². The molecule has 0 N–H and O–H groups in total. The molecule has 0 aliphatic heterocycles. The molecule has 2 heterocycles. The van der Waals surface area contributed by atoms with Crippen LogP contribution in [0, 0.1) is 0 Å². The zero-order valence-corrected chi connectivity index (χ0v) is 9.87. The van der Waals surface area contributed by atoms with E-state index >= 15 is 0 Å². The van der Waals surface area contributed by atoms with Gasteiger partial charge in [0, 0.05) is 12.3 Å². The summed E-state index contributed by atoms with van der Waals surface area (Å²) in [4.78, 5) is 15.3. The maximum absolute atomic E-state index is 11.2. The highest BCUT2D eigenvalue weighted by atomic mass is 16.1. The average molecular weight is 237 g/mol. The summed E-state index contributed by atoms with van der Waals surface area (Å²) in [5.41, 5.74) is 2.34. The molecule has 0 spiro atoms. The Morgan fingerprint density at radius 1 is 1.11 bits per heavy atom. The molecule has 1 aromatic carbocycles. The molecule has 0 aliphatic carbocycles. The molecule has 0 amide bonds. The van der Waals surface area contributed by atoms with Crippen molar-refractivity contribution in [1.29, 1.82) is 0 Å². The third-order valence-corrected chi connectivity index (χ3v) is 2.83. The molecule has 0 aliphatic rings. The first kappa shape index (κ1) is 10.7. The van der Waals surface area contributed by atoms with Crippen molar-refractivity contribution in [2.45, 2.75) is 6.92 Å². The lowest BCUT2D eigenvalue weighted by atomic mass is 10.2. The second kappa shape index (κ2) is 4.07. The Hall–Kier alpha value is -2.49. The average Bonchev–Trinajstić information content (AvgIpc) is 2.82. The number of para-hydroxylation sites is 1. The first-order chi connectivity index (χ1) is 8.75. The number of carbonyl (C=O) groups excluding carboxylic acids is 1. The van der Waals surface area contributed by atoms with E-state index in [4.69, 9.17) is 0 Å². The van der Waals surface area contributed by atoms with Gasteiger partial charge in [-0.1, -0.05) is 18.2 Å². The number of hydrogen-bond acceptors (Lipinski definition) is 3. The van der Waals surface area contributed by atoms with Gasteiger partial charge in [0.2, 0.25) is 0 Å². The molecule has 0 saturated carbocycles. The fraction of sp³-hybridized carbons (Fsp3) is 0.0714. The quantitative estimate of drug-likeness (QED) is 0.644. The molecule has 2 aromatic heterocycles. The van der Waals surface area contributed by atoms with Crippen LogP contribution in [-0.4, -0.2) is 20.5 Å². The number of rotatable bonds is 2. The minimum Gasteiger partial charge on any atom is -0.293 e. The molecular weight excluding hydrogens is 226 g/mol. The summed E-state index contributed by atoms with van der Waals surface area (Å²) in [6, 6.07) is 11.5. The van der Waals surface area contributed by atoms with Gasteiger partial charge in [0.1, 0.15) is 5.69 Å². The van der Waals surface area contributed by atoms with E-state index in [2.05, 4.69) is 10.1 Å². The van der Waals surface area contributed by atoms with Gasteiger partial charge in [0.15, 0.2) is 5.78 Å². The Kier molecular flexibility index (Phi) is 2.41. The molecule has 4 heteroatoms. The Morgan fingerprint density at radius 3 is 2.67 bits per heavy atom. The monoisotopic (exact) mass is 237 g/mol. The van der Waals surface area contributed by atoms with Crippen LogP contribution in [0.2, 0.25) is 0 Å². The van der Waals surface area contributed by atoms with Gasteiger partial charge in [-0.15, -0.1) is 0 Å². The molecule has 0 bridgehead atoms. The molecule has 3 aromatic rings. The fourth-order valence-corrected chi connectivity index (χ4v) is 1.90. The maximum atomic E-state index is 11.2. The molecule has 0 atom stereocenters. The van der Waals surface area contributed by atoms with E-state index in [1.165, 1.54) is 6.92 Å². The van der Waals surface area contributed by atoms with E-state index in [1.807, 2.05) is 41.2 Å². The van der Waals surface area contributed by atoms with Gasteiger partial charge in [-0.05, 0) is 18.2 Å². The smallest absolute Gasteiger partial charge is 0.178 e. The molecule has 88 valence electrons. The van der Waals surface area contributed by atoms with Gasteiger partial charge in [-0.3, -0.25) is 9.78 Å². The van der Waals surface area contributed by atoms with Crippen molar-refractivity contribution in [3.05, 3.63) is 54.5 Å². The number of aromatic nitrogens is 3. The zero-order valence-electron chi connectivity index (χ0n) is 9.87. The highest BCUT2D eigenvalue weighted by Gasteiger charge is 2.05. The number of pyridine rings is 1. The van der Waals surface area contributed by atoms with Crippen LogP contribution in [0.25, 0.3) is 16.6 Å². The number of Topliss-reactive ketones (excluding diaryl/α,β-unsaturated/α-hetero) is 1. The van der Waals surface area contributed by atoms with Crippen molar-refractivity contribution in [2.75, 3.05) is 0 Å². The molecule has 0 saturated heterocycles. The number of fused-ring (bicyclic) bond motifs is 1. The van der Waals surface area contributed by atoms with Crippen LogP contribution in [-0.2, 0) is 0 Å². The number of benzene rings is 1. The van der Waals surface area contributed by atoms with Crippen LogP contribution in [0.4, 0.5) is 0 Å². The second-order valence-corrected chi connectivity index (χ2v) is 4.07. The lowest BCUT2D eigenvalue weighted by Gasteiger charge is -2.03. The highest BCUT2D eigenvalue weighted by molar-refractivity contribution is 5.92. The van der Waals surface area contributed by atoms with Gasteiger partial charge in [-0.25, -0.2) is 4.68 Å². The molecule has 18 heavy (non-hydrogen) atoms. The Balaban J connectivity index is 2.12. The van der Waals surface area contributed by atoms with Crippen LogP contribution < -0.4 is 0 Å². The van der Waals surface area contributed by atoms with Crippen LogP contribution in [0.3, 0.4) is 0 Å². The predicted octanol–water partition coefficient (Wildman–Crippen LogP) is 2.62. The van der Waals surface area contributed by atoms with E-state index < -0.39 is 0 Å². The fourth-order valence-electron chi connectivity index (χ4n) is 1.90. The van der Waals surface area contributed by atoms with Crippen LogP contribution in [0.1, 0.15) is 17.4 Å². The Morgan fingerprint density at radius 2 is 1.94 bits per heavy atom. The topological polar surface area (TPSA) is 47.8 Å². The van der Waals surface area contributed by atoms with Crippen molar-refractivity contribution in [3.8, 4) is 5.69 Å². The van der Waals surface area contributed by atoms with E-state index in [0.717, 1.165) is 16.6 Å². The molecule has 3 rings (SSSR count). The van der Waals surface area contributed by atoms with E-state index in [9.17, 15) is 4.79 Å². The number of ketones is 1. The molecule has 0 fully saturated rings. The van der Waals surface area contributed by atoms with E-state index in [1.54, 1.807) is 12.3 Å². The molecule has 4 nitrogen and oxygen atoms in total. The summed E-state index contributed by atoms with van der Waals surface area (Å²) in [6.45, 7) is 1.51. The third-order valence-electron chi connectivity index (χ3n) is 2.83. The summed E-state index contributed by atoms with van der Waals surface area (Å²) in [5, 5.41) is 5.41. The van der Waals surface area contributed by atoms with Crippen LogP contribution in [0.5, 0.6) is 0 Å². The summed E-state index contributed by atoms with van der Waals surface area (Å²) in [5.74, 6) is -0.0353. The summed E-state index contributed by atoms with van der Waals surface area (Å²) in [6.07, 6.45) is 3.48. The van der Waals surface area contributed by atoms with Crippen molar-refractivity contribution < 1.29 is 4.79 Å². The van der Waals surface area contributed by atoms with Crippen molar-refractivity contribution in [1.82, 2.24) is 14.8 Å². The minimum atomic E-state index is -0.0353. The summed E-state index contributed by atoms with van der Waals surface area (Å²) < 4.78 is 1.81. The van der Waals surface area contributed by atoms with E-state index in [-0.39, 0.29) is 5.78 Å². The number of carbonyl (C=O) groups is 1. The van der Waals surface area contributed by atoms with Gasteiger partial charge in [0.25, 0.3) is 0 Å². The first-order valence-corrected chi connectivity index (χ1v) is 5.66. The second-order valence-electron chi connectivity index (χ2n) is 4.07. The van der Waals surface area contributed by atoms with Crippen LogP contribution >= 0.6 is 0 Å². The van der Waals surface area contributed by atoms with Crippen molar-refractivity contribution in [3.63, 3.8) is 0 Å². The van der Waals surface area contributed by atoms with Gasteiger partial charge < -0.3 is 0 Å². The lowest BCUT2D eigenvalue weighted by molar-refractivity contribution is 0.101. The predicted molar refractivity (Wildman–Crippen MR) is 68.9 cm³/mol. The van der Waals surface area contributed by atoms with E-state index in [0.29, 0.717) is 5.69 Å². The van der Waals surface area contributed by atoms with Crippen molar-refractivity contribution >= 4 is 16.7 Å². The normalized spacial score (nSPS) is 10.7. The Labute approximate surface area is 104 Å².